The average molecular weight is 211 g/mol. The molecule has 0 aliphatic heterocycles. The van der Waals surface area contributed by atoms with Gasteiger partial charge in [0.2, 0.25) is 0 Å². The lowest BCUT2D eigenvalue weighted by Crippen LogP contribution is -1.92. The summed E-state index contributed by atoms with van der Waals surface area (Å²) in [6.07, 6.45) is 3.01. The number of hydrogen-bond acceptors (Lipinski definition) is 4. The van der Waals surface area contributed by atoms with E-state index in [1.165, 1.54) is 13.4 Å². The summed E-state index contributed by atoms with van der Waals surface area (Å²) in [5.41, 5.74) is 0.741. The van der Waals surface area contributed by atoms with Crippen molar-refractivity contribution in [3.63, 3.8) is 0 Å². The fourth-order valence-corrected chi connectivity index (χ4v) is 1.37. The largest absolute Gasteiger partial charge is 0.493 e. The lowest BCUT2D eigenvalue weighted by Gasteiger charge is -2.05. The van der Waals surface area contributed by atoms with E-state index >= 15 is 0 Å². The molecular formula is C8H7ClN4O. The molecule has 0 bridgehead atoms. The van der Waals surface area contributed by atoms with Crippen LogP contribution in [0.25, 0.3) is 11.4 Å². The van der Waals surface area contributed by atoms with Crippen LogP contribution in [0.15, 0.2) is 18.6 Å². The summed E-state index contributed by atoms with van der Waals surface area (Å²) in [7, 11) is 1.53. The molecular weight excluding hydrogens is 204 g/mol. The molecule has 0 unspecified atom stereocenters. The van der Waals surface area contributed by atoms with Crippen molar-refractivity contribution in [2.75, 3.05) is 7.11 Å². The Bertz CT molecular complexity index is 429. The number of H-pyrrole nitrogens is 1. The molecule has 14 heavy (non-hydrogen) atoms. The van der Waals surface area contributed by atoms with Crippen molar-refractivity contribution in [1.82, 2.24) is 20.2 Å². The molecule has 0 aromatic carbocycles. The zero-order valence-electron chi connectivity index (χ0n) is 7.36. The Hall–Kier alpha value is -1.62. The minimum atomic E-state index is 0.307. The minimum Gasteiger partial charge on any atom is -0.493 e. The van der Waals surface area contributed by atoms with Crippen molar-refractivity contribution in [3.8, 4) is 17.1 Å². The van der Waals surface area contributed by atoms with Crippen LogP contribution in [0, 0.1) is 0 Å². The second kappa shape index (κ2) is 3.63. The maximum atomic E-state index is 5.85. The fourth-order valence-electron chi connectivity index (χ4n) is 1.14. The normalized spacial score (nSPS) is 10.1. The fraction of sp³-hybridized carbons (Fsp3) is 0.125. The topological polar surface area (TPSA) is 63.7 Å². The molecule has 6 heteroatoms. The van der Waals surface area contributed by atoms with E-state index in [9.17, 15) is 0 Å². The summed E-state index contributed by atoms with van der Waals surface area (Å²) in [5, 5.41) is 6.78. The third-order valence-electron chi connectivity index (χ3n) is 1.74. The number of pyridine rings is 1. The molecule has 0 radical (unpaired) electrons. The van der Waals surface area contributed by atoms with Crippen molar-refractivity contribution in [2.45, 2.75) is 0 Å². The first-order valence-corrected chi connectivity index (χ1v) is 4.25. The lowest BCUT2D eigenvalue weighted by atomic mass is 10.2. The van der Waals surface area contributed by atoms with Gasteiger partial charge in [-0.1, -0.05) is 11.6 Å². The SMILES string of the molecule is COc1c(-c2ncn[nH]2)ccnc1Cl. The van der Waals surface area contributed by atoms with Crippen LogP contribution in [0.1, 0.15) is 0 Å². The second-order valence-electron chi connectivity index (χ2n) is 2.52. The van der Waals surface area contributed by atoms with Gasteiger partial charge >= 0.3 is 0 Å². The predicted octanol–water partition coefficient (Wildman–Crippen LogP) is 1.53. The molecule has 0 saturated heterocycles. The number of aromatic nitrogens is 4. The predicted molar refractivity (Wildman–Crippen MR) is 51.2 cm³/mol. The van der Waals surface area contributed by atoms with Crippen molar-refractivity contribution in [1.29, 1.82) is 0 Å². The Morgan fingerprint density at radius 1 is 1.43 bits per heavy atom. The molecule has 1 N–H and O–H groups in total. The number of nitrogens with zero attached hydrogens (tertiary/aromatic N) is 3. The first-order chi connectivity index (χ1) is 6.83. The van der Waals surface area contributed by atoms with Crippen molar-refractivity contribution in [2.24, 2.45) is 0 Å². The van der Waals surface area contributed by atoms with Crippen molar-refractivity contribution in [3.05, 3.63) is 23.7 Å². The lowest BCUT2D eigenvalue weighted by molar-refractivity contribution is 0.414. The molecule has 5 nitrogen and oxygen atoms in total. The molecule has 0 saturated carbocycles. The van der Waals surface area contributed by atoms with Crippen LogP contribution in [0.2, 0.25) is 5.15 Å². The third-order valence-corrected chi connectivity index (χ3v) is 2.00. The first kappa shape index (κ1) is 8.96. The van der Waals surface area contributed by atoms with Gasteiger partial charge in [-0.15, -0.1) is 0 Å². The summed E-state index contributed by atoms with van der Waals surface area (Å²) < 4.78 is 5.12. The van der Waals surface area contributed by atoms with Crippen LogP contribution in [-0.4, -0.2) is 27.3 Å². The summed E-state index contributed by atoms with van der Waals surface area (Å²) in [6, 6.07) is 1.76. The maximum Gasteiger partial charge on any atom is 0.171 e. The van der Waals surface area contributed by atoms with Crippen LogP contribution >= 0.6 is 11.6 Å². The maximum absolute atomic E-state index is 5.85. The highest BCUT2D eigenvalue weighted by atomic mass is 35.5. The van der Waals surface area contributed by atoms with Crippen LogP contribution in [0.3, 0.4) is 0 Å². The van der Waals surface area contributed by atoms with Crippen LogP contribution in [-0.2, 0) is 0 Å². The second-order valence-corrected chi connectivity index (χ2v) is 2.87. The van der Waals surface area contributed by atoms with Gasteiger partial charge < -0.3 is 4.74 Å². The number of methoxy groups -OCH3 is 1. The van der Waals surface area contributed by atoms with E-state index < -0.39 is 0 Å². The average Bonchev–Trinajstić information content (AvgIpc) is 2.70. The molecule has 0 aliphatic carbocycles. The number of nitrogens with one attached hydrogen (secondary N) is 1. The number of rotatable bonds is 2. The van der Waals surface area contributed by atoms with Gasteiger partial charge in [-0.05, 0) is 6.07 Å². The number of ether oxygens (including phenoxy) is 1. The smallest absolute Gasteiger partial charge is 0.171 e. The van der Waals surface area contributed by atoms with Gasteiger partial charge in [-0.25, -0.2) is 9.97 Å². The van der Waals surface area contributed by atoms with Crippen LogP contribution < -0.4 is 4.74 Å². The molecule has 2 aromatic rings. The highest BCUT2D eigenvalue weighted by molar-refractivity contribution is 6.31. The molecule has 0 spiro atoms. The van der Waals surface area contributed by atoms with E-state index in [1.807, 2.05) is 0 Å². The Morgan fingerprint density at radius 2 is 2.29 bits per heavy atom. The van der Waals surface area contributed by atoms with Gasteiger partial charge in [0.1, 0.15) is 6.33 Å². The number of aromatic amines is 1. The molecule has 0 amide bonds. The Balaban J connectivity index is 2.58. The van der Waals surface area contributed by atoms with Gasteiger partial charge in [0.15, 0.2) is 16.7 Å². The molecule has 0 atom stereocenters. The monoisotopic (exact) mass is 210 g/mol. The van der Waals surface area contributed by atoms with E-state index in [2.05, 4.69) is 20.2 Å². The summed E-state index contributed by atoms with van der Waals surface area (Å²) in [6.45, 7) is 0. The molecule has 72 valence electrons. The van der Waals surface area contributed by atoms with Gasteiger partial charge in [-0.3, -0.25) is 5.10 Å². The summed E-state index contributed by atoms with van der Waals surface area (Å²) >= 11 is 5.85. The Morgan fingerprint density at radius 3 is 2.93 bits per heavy atom. The molecule has 2 aromatic heterocycles. The highest BCUT2D eigenvalue weighted by Gasteiger charge is 2.11. The molecule has 0 fully saturated rings. The zero-order chi connectivity index (χ0) is 9.97. The van der Waals surface area contributed by atoms with E-state index in [-0.39, 0.29) is 0 Å². The van der Waals surface area contributed by atoms with E-state index in [4.69, 9.17) is 16.3 Å². The number of halogens is 1. The van der Waals surface area contributed by atoms with E-state index in [0.29, 0.717) is 16.7 Å². The number of hydrogen-bond donors (Lipinski definition) is 1. The quantitative estimate of drug-likeness (QED) is 0.764. The summed E-state index contributed by atoms with van der Waals surface area (Å²) in [5.74, 6) is 1.09. The van der Waals surface area contributed by atoms with Gasteiger partial charge in [0.05, 0.1) is 12.7 Å². The Kier molecular flexibility index (Phi) is 2.32. The van der Waals surface area contributed by atoms with Gasteiger partial charge in [0, 0.05) is 6.20 Å². The molecule has 2 heterocycles. The standard InChI is InChI=1S/C8H7ClN4O/c1-14-6-5(2-3-10-7(6)9)8-11-4-12-13-8/h2-4H,1H3,(H,11,12,13). The first-order valence-electron chi connectivity index (χ1n) is 3.87. The van der Waals surface area contributed by atoms with Crippen molar-refractivity contribution >= 4 is 11.6 Å². The minimum absolute atomic E-state index is 0.307. The third kappa shape index (κ3) is 1.42. The molecule has 0 aliphatic rings. The highest BCUT2D eigenvalue weighted by Crippen LogP contribution is 2.31. The van der Waals surface area contributed by atoms with Crippen molar-refractivity contribution < 1.29 is 4.74 Å². The van der Waals surface area contributed by atoms with E-state index in [1.54, 1.807) is 12.3 Å². The van der Waals surface area contributed by atoms with Gasteiger partial charge in [-0.2, -0.15) is 5.10 Å². The van der Waals surface area contributed by atoms with Crippen LogP contribution in [0.5, 0.6) is 5.75 Å². The van der Waals surface area contributed by atoms with Crippen LogP contribution in [0.4, 0.5) is 0 Å². The van der Waals surface area contributed by atoms with E-state index in [0.717, 1.165) is 5.56 Å². The molecule has 2 rings (SSSR count). The summed E-state index contributed by atoms with van der Waals surface area (Å²) in [4.78, 5) is 7.90. The zero-order valence-corrected chi connectivity index (χ0v) is 8.12. The van der Waals surface area contributed by atoms with Gasteiger partial charge in [0.25, 0.3) is 0 Å². The Labute approximate surface area is 85.1 Å².